The summed E-state index contributed by atoms with van der Waals surface area (Å²) in [5, 5.41) is 0. The van der Waals surface area contributed by atoms with Gasteiger partial charge in [0.05, 0.1) is 5.75 Å². The average molecular weight is 207 g/mol. The second-order valence-electron chi connectivity index (χ2n) is 3.44. The molecule has 1 heterocycles. The Morgan fingerprint density at radius 3 is 3.00 bits per heavy atom. The number of amides is 1. The number of carbonyl (C=O) groups is 1. The Labute approximate surface area is 89.3 Å². The second kappa shape index (κ2) is 4.05. The SMILES string of the molecule is O=C(CS)N1CCCc2ccccc21. The van der Waals surface area contributed by atoms with Gasteiger partial charge in [0.15, 0.2) is 0 Å². The van der Waals surface area contributed by atoms with Crippen molar-refractivity contribution in [3.05, 3.63) is 29.8 Å². The molecule has 0 aromatic heterocycles. The van der Waals surface area contributed by atoms with Gasteiger partial charge in [-0.15, -0.1) is 0 Å². The number of anilines is 1. The Bertz CT molecular complexity index is 351. The van der Waals surface area contributed by atoms with Gasteiger partial charge >= 0.3 is 0 Å². The summed E-state index contributed by atoms with van der Waals surface area (Å²) in [5.41, 5.74) is 2.34. The van der Waals surface area contributed by atoms with E-state index in [1.54, 1.807) is 0 Å². The molecular formula is C11H13NOS. The van der Waals surface area contributed by atoms with Crippen LogP contribution in [-0.2, 0) is 11.2 Å². The van der Waals surface area contributed by atoms with Gasteiger partial charge in [-0.3, -0.25) is 4.79 Å². The summed E-state index contributed by atoms with van der Waals surface area (Å²) in [5.74, 6) is 0.384. The lowest BCUT2D eigenvalue weighted by molar-refractivity contribution is -0.116. The zero-order chi connectivity index (χ0) is 9.97. The van der Waals surface area contributed by atoms with E-state index in [4.69, 9.17) is 0 Å². The van der Waals surface area contributed by atoms with Crippen molar-refractivity contribution in [3.63, 3.8) is 0 Å². The molecule has 0 fully saturated rings. The first-order valence-electron chi connectivity index (χ1n) is 4.82. The minimum atomic E-state index is 0.0977. The molecule has 2 rings (SSSR count). The number of aryl methyl sites for hydroxylation is 1. The van der Waals surface area contributed by atoms with Crippen molar-refractivity contribution in [2.45, 2.75) is 12.8 Å². The number of fused-ring (bicyclic) bond motifs is 1. The lowest BCUT2D eigenvalue weighted by atomic mass is 10.0. The van der Waals surface area contributed by atoms with Gasteiger partial charge < -0.3 is 4.90 Å². The van der Waals surface area contributed by atoms with Crippen LogP contribution in [0.3, 0.4) is 0 Å². The van der Waals surface area contributed by atoms with Crippen LogP contribution < -0.4 is 4.90 Å². The van der Waals surface area contributed by atoms with E-state index in [2.05, 4.69) is 18.7 Å². The van der Waals surface area contributed by atoms with E-state index < -0.39 is 0 Å². The minimum absolute atomic E-state index is 0.0977. The number of hydrogen-bond donors (Lipinski definition) is 1. The van der Waals surface area contributed by atoms with Gasteiger partial charge in [0, 0.05) is 12.2 Å². The van der Waals surface area contributed by atoms with Crippen LogP contribution in [0, 0.1) is 0 Å². The number of nitrogens with zero attached hydrogens (tertiary/aromatic N) is 1. The quantitative estimate of drug-likeness (QED) is 0.697. The summed E-state index contributed by atoms with van der Waals surface area (Å²) < 4.78 is 0. The van der Waals surface area contributed by atoms with Crippen molar-refractivity contribution >= 4 is 24.2 Å². The van der Waals surface area contributed by atoms with Crippen LogP contribution >= 0.6 is 12.6 Å². The smallest absolute Gasteiger partial charge is 0.236 e. The third-order valence-corrected chi connectivity index (χ3v) is 2.82. The molecule has 0 aliphatic carbocycles. The summed E-state index contributed by atoms with van der Waals surface area (Å²) in [6.45, 7) is 0.830. The molecule has 0 bridgehead atoms. The normalized spacial score (nSPS) is 15.1. The van der Waals surface area contributed by atoms with Gasteiger partial charge in [0.25, 0.3) is 0 Å². The maximum atomic E-state index is 11.6. The molecule has 0 atom stereocenters. The Morgan fingerprint density at radius 1 is 1.43 bits per heavy atom. The highest BCUT2D eigenvalue weighted by atomic mass is 32.1. The highest BCUT2D eigenvalue weighted by molar-refractivity contribution is 7.81. The molecule has 14 heavy (non-hydrogen) atoms. The van der Waals surface area contributed by atoms with Gasteiger partial charge in [-0.1, -0.05) is 18.2 Å². The highest BCUT2D eigenvalue weighted by Gasteiger charge is 2.20. The summed E-state index contributed by atoms with van der Waals surface area (Å²) >= 11 is 4.03. The zero-order valence-electron chi connectivity index (χ0n) is 7.94. The molecular weight excluding hydrogens is 194 g/mol. The van der Waals surface area contributed by atoms with E-state index in [-0.39, 0.29) is 11.7 Å². The van der Waals surface area contributed by atoms with E-state index >= 15 is 0 Å². The largest absolute Gasteiger partial charge is 0.311 e. The van der Waals surface area contributed by atoms with Gasteiger partial charge in [-0.25, -0.2) is 0 Å². The van der Waals surface area contributed by atoms with Crippen LogP contribution in [0.5, 0.6) is 0 Å². The predicted molar refractivity (Wildman–Crippen MR) is 61.0 cm³/mol. The molecule has 74 valence electrons. The number of hydrogen-bond acceptors (Lipinski definition) is 2. The van der Waals surface area contributed by atoms with E-state index in [1.165, 1.54) is 5.56 Å². The molecule has 0 unspecified atom stereocenters. The number of benzene rings is 1. The Hall–Kier alpha value is -0.960. The van der Waals surface area contributed by atoms with E-state index in [9.17, 15) is 4.79 Å². The van der Waals surface area contributed by atoms with Crippen molar-refractivity contribution in [2.24, 2.45) is 0 Å². The molecule has 1 aliphatic rings. The monoisotopic (exact) mass is 207 g/mol. The lowest BCUT2D eigenvalue weighted by Crippen LogP contribution is -2.36. The molecule has 1 aliphatic heterocycles. The molecule has 1 amide bonds. The number of carbonyl (C=O) groups excluding carboxylic acids is 1. The molecule has 1 aromatic carbocycles. The molecule has 2 nitrogen and oxygen atoms in total. The highest BCUT2D eigenvalue weighted by Crippen LogP contribution is 2.26. The minimum Gasteiger partial charge on any atom is -0.311 e. The Morgan fingerprint density at radius 2 is 2.21 bits per heavy atom. The summed E-state index contributed by atoms with van der Waals surface area (Å²) in [6, 6.07) is 8.10. The molecule has 0 saturated heterocycles. The summed E-state index contributed by atoms with van der Waals surface area (Å²) in [6.07, 6.45) is 2.13. The van der Waals surface area contributed by atoms with Crippen LogP contribution in [0.25, 0.3) is 0 Å². The summed E-state index contributed by atoms with van der Waals surface area (Å²) in [7, 11) is 0. The molecule has 0 N–H and O–H groups in total. The lowest BCUT2D eigenvalue weighted by Gasteiger charge is -2.28. The van der Waals surface area contributed by atoms with E-state index in [0.29, 0.717) is 0 Å². The molecule has 0 spiro atoms. The fourth-order valence-corrected chi connectivity index (χ4v) is 2.05. The predicted octanol–water partition coefficient (Wildman–Crippen LogP) is 1.90. The van der Waals surface area contributed by atoms with Crippen molar-refractivity contribution in [1.29, 1.82) is 0 Å². The van der Waals surface area contributed by atoms with Gasteiger partial charge in [-0.05, 0) is 24.5 Å². The van der Waals surface area contributed by atoms with Crippen LogP contribution in [-0.4, -0.2) is 18.2 Å². The average Bonchev–Trinajstić information content (AvgIpc) is 2.27. The number of thiol groups is 1. The Kier molecular flexibility index (Phi) is 2.77. The zero-order valence-corrected chi connectivity index (χ0v) is 8.83. The maximum Gasteiger partial charge on any atom is 0.236 e. The third-order valence-electron chi connectivity index (χ3n) is 2.55. The Balaban J connectivity index is 2.35. The fraction of sp³-hybridized carbons (Fsp3) is 0.364. The first kappa shape index (κ1) is 9.59. The van der Waals surface area contributed by atoms with Crippen LogP contribution in [0.2, 0.25) is 0 Å². The third kappa shape index (κ3) is 1.64. The number of rotatable bonds is 1. The van der Waals surface area contributed by atoms with Crippen molar-refractivity contribution in [3.8, 4) is 0 Å². The molecule has 0 radical (unpaired) electrons. The van der Waals surface area contributed by atoms with Gasteiger partial charge in [-0.2, -0.15) is 12.6 Å². The topological polar surface area (TPSA) is 20.3 Å². The number of para-hydroxylation sites is 1. The molecule has 1 aromatic rings. The van der Waals surface area contributed by atoms with Gasteiger partial charge in [0.2, 0.25) is 5.91 Å². The van der Waals surface area contributed by atoms with E-state index in [0.717, 1.165) is 25.1 Å². The summed E-state index contributed by atoms with van der Waals surface area (Å²) in [4.78, 5) is 13.4. The van der Waals surface area contributed by atoms with Crippen LogP contribution in [0.15, 0.2) is 24.3 Å². The van der Waals surface area contributed by atoms with Crippen molar-refractivity contribution in [2.75, 3.05) is 17.2 Å². The first-order chi connectivity index (χ1) is 6.83. The van der Waals surface area contributed by atoms with E-state index in [1.807, 2.05) is 23.1 Å². The van der Waals surface area contributed by atoms with Crippen LogP contribution in [0.4, 0.5) is 5.69 Å². The molecule has 0 saturated carbocycles. The van der Waals surface area contributed by atoms with Crippen molar-refractivity contribution < 1.29 is 4.79 Å². The van der Waals surface area contributed by atoms with Crippen LogP contribution in [0.1, 0.15) is 12.0 Å². The second-order valence-corrected chi connectivity index (χ2v) is 3.75. The molecule has 3 heteroatoms. The van der Waals surface area contributed by atoms with Gasteiger partial charge in [0.1, 0.15) is 0 Å². The first-order valence-corrected chi connectivity index (χ1v) is 5.45. The fourth-order valence-electron chi connectivity index (χ4n) is 1.88. The standard InChI is InChI=1S/C11H13NOS/c13-11(8-14)12-7-3-5-9-4-1-2-6-10(9)12/h1-2,4,6,14H,3,5,7-8H2. The van der Waals surface area contributed by atoms with Crippen molar-refractivity contribution in [1.82, 2.24) is 0 Å². The maximum absolute atomic E-state index is 11.6.